The number of halogens is 1. The van der Waals surface area contributed by atoms with E-state index >= 15 is 0 Å². The van der Waals surface area contributed by atoms with Gasteiger partial charge in [-0.1, -0.05) is 5.11 Å². The predicted molar refractivity (Wildman–Crippen MR) is 43.4 cm³/mol. The number of fused-ring (bicyclic) bond motifs is 2. The summed E-state index contributed by atoms with van der Waals surface area (Å²) in [5, 5.41) is 4.06. The largest absolute Gasteiger partial charge is 0.123 e. The molecule has 2 aliphatic carbocycles. The van der Waals surface area contributed by atoms with E-state index in [1.165, 1.54) is 6.42 Å². The van der Waals surface area contributed by atoms with Crippen molar-refractivity contribution in [2.75, 3.05) is 0 Å². The maximum atomic E-state index is 8.29. The summed E-state index contributed by atoms with van der Waals surface area (Å²) in [7, 11) is 0. The average molecular weight is 172 g/mol. The maximum absolute atomic E-state index is 8.29. The van der Waals surface area contributed by atoms with Crippen LogP contribution in [0.3, 0.4) is 0 Å². The zero-order valence-corrected chi connectivity index (χ0v) is 6.91. The van der Waals surface area contributed by atoms with Gasteiger partial charge in [-0.2, -0.15) is 0 Å². The molecular formula is C7H10ClN3. The van der Waals surface area contributed by atoms with E-state index in [9.17, 15) is 0 Å². The van der Waals surface area contributed by atoms with Crippen molar-refractivity contribution in [2.24, 2.45) is 17.0 Å². The van der Waals surface area contributed by atoms with E-state index in [0.717, 1.165) is 12.8 Å². The topological polar surface area (TPSA) is 48.8 Å². The third kappa shape index (κ3) is 0.996. The minimum Gasteiger partial charge on any atom is -0.123 e. The zero-order chi connectivity index (χ0) is 7.84. The molecule has 0 heterocycles. The molecule has 0 aliphatic heterocycles. The molecule has 11 heavy (non-hydrogen) atoms. The van der Waals surface area contributed by atoms with Gasteiger partial charge in [0.15, 0.2) is 0 Å². The van der Waals surface area contributed by atoms with Gasteiger partial charge in [0.1, 0.15) is 0 Å². The highest BCUT2D eigenvalue weighted by atomic mass is 35.5. The number of nitrogens with zero attached hydrogens (tertiary/aromatic N) is 3. The van der Waals surface area contributed by atoms with Crippen molar-refractivity contribution in [1.29, 1.82) is 0 Å². The van der Waals surface area contributed by atoms with E-state index in [0.29, 0.717) is 11.8 Å². The summed E-state index contributed by atoms with van der Waals surface area (Å²) in [5.41, 5.74) is 8.29. The molecule has 3 nitrogen and oxygen atoms in total. The van der Waals surface area contributed by atoms with Crippen molar-refractivity contribution in [1.82, 2.24) is 0 Å². The number of hydrogen-bond acceptors (Lipinski definition) is 1. The molecule has 0 amide bonds. The first-order chi connectivity index (χ1) is 5.33. The standard InChI is InChI=1S/C7H10ClN3/c8-6-3-4-1-2-5(6)7(4)10-11-9/h4-7H,1-3H2. The van der Waals surface area contributed by atoms with E-state index in [2.05, 4.69) is 10.0 Å². The van der Waals surface area contributed by atoms with Crippen LogP contribution in [0.5, 0.6) is 0 Å². The van der Waals surface area contributed by atoms with Crippen molar-refractivity contribution in [3.63, 3.8) is 0 Å². The van der Waals surface area contributed by atoms with Crippen molar-refractivity contribution >= 4 is 11.6 Å². The van der Waals surface area contributed by atoms with Crippen molar-refractivity contribution in [2.45, 2.75) is 30.7 Å². The molecule has 2 fully saturated rings. The highest BCUT2D eigenvalue weighted by Crippen LogP contribution is 2.48. The number of rotatable bonds is 1. The lowest BCUT2D eigenvalue weighted by molar-refractivity contribution is 0.487. The van der Waals surface area contributed by atoms with Gasteiger partial charge in [0.2, 0.25) is 0 Å². The van der Waals surface area contributed by atoms with Crippen molar-refractivity contribution in [3.8, 4) is 0 Å². The summed E-state index contributed by atoms with van der Waals surface area (Å²) in [5.74, 6) is 1.05. The molecule has 2 rings (SSSR count). The molecule has 2 saturated carbocycles. The van der Waals surface area contributed by atoms with Crippen LogP contribution in [0.15, 0.2) is 5.11 Å². The van der Waals surface area contributed by atoms with Gasteiger partial charge in [0.05, 0.1) is 0 Å². The summed E-state index contributed by atoms with van der Waals surface area (Å²) in [6, 6.07) is 0.211. The van der Waals surface area contributed by atoms with Crippen LogP contribution in [0.4, 0.5) is 0 Å². The van der Waals surface area contributed by atoms with Crippen LogP contribution in [-0.4, -0.2) is 11.4 Å². The zero-order valence-electron chi connectivity index (χ0n) is 6.15. The van der Waals surface area contributed by atoms with Crippen molar-refractivity contribution in [3.05, 3.63) is 10.4 Å². The molecule has 0 saturated heterocycles. The van der Waals surface area contributed by atoms with Crippen LogP contribution in [0.2, 0.25) is 0 Å². The quantitative estimate of drug-likeness (QED) is 0.252. The van der Waals surface area contributed by atoms with Crippen molar-refractivity contribution < 1.29 is 0 Å². The Kier molecular flexibility index (Phi) is 1.70. The van der Waals surface area contributed by atoms with Gasteiger partial charge in [-0.15, -0.1) is 11.6 Å². The van der Waals surface area contributed by atoms with Gasteiger partial charge in [0.25, 0.3) is 0 Å². The second kappa shape index (κ2) is 2.58. The lowest BCUT2D eigenvalue weighted by Gasteiger charge is -2.13. The first kappa shape index (κ1) is 7.26. The Morgan fingerprint density at radius 1 is 1.45 bits per heavy atom. The molecule has 2 bridgehead atoms. The fourth-order valence-corrected chi connectivity index (χ4v) is 2.96. The molecule has 0 N–H and O–H groups in total. The van der Waals surface area contributed by atoms with Crippen LogP contribution in [0.1, 0.15) is 19.3 Å². The Balaban J connectivity index is 2.18. The Bertz CT molecular complexity index is 212. The summed E-state index contributed by atoms with van der Waals surface area (Å²) >= 11 is 6.06. The van der Waals surface area contributed by atoms with E-state index in [-0.39, 0.29) is 11.4 Å². The van der Waals surface area contributed by atoms with Crippen LogP contribution >= 0.6 is 11.6 Å². The van der Waals surface area contributed by atoms with Gasteiger partial charge in [0, 0.05) is 16.3 Å². The molecule has 4 atom stereocenters. The molecule has 0 radical (unpaired) electrons. The molecular weight excluding hydrogens is 162 g/mol. The summed E-state index contributed by atoms with van der Waals surface area (Å²) < 4.78 is 0. The van der Waals surface area contributed by atoms with Crippen LogP contribution in [0.25, 0.3) is 10.4 Å². The van der Waals surface area contributed by atoms with Crippen LogP contribution in [0, 0.1) is 11.8 Å². The number of hydrogen-bond donors (Lipinski definition) is 0. The minimum atomic E-state index is 0.211. The molecule has 0 aromatic heterocycles. The summed E-state index contributed by atoms with van der Waals surface area (Å²) in [6.07, 6.45) is 3.41. The highest BCUT2D eigenvalue weighted by Gasteiger charge is 2.46. The SMILES string of the molecule is [N-]=[N+]=NC1C2CCC1C(Cl)C2. The lowest BCUT2D eigenvalue weighted by Crippen LogP contribution is -2.13. The van der Waals surface area contributed by atoms with Gasteiger partial charge >= 0.3 is 0 Å². The van der Waals surface area contributed by atoms with Gasteiger partial charge in [-0.25, -0.2) is 0 Å². The third-order valence-corrected chi connectivity index (χ3v) is 3.47. The molecule has 60 valence electrons. The predicted octanol–water partition coefficient (Wildman–Crippen LogP) is 2.70. The molecule has 4 heteroatoms. The maximum Gasteiger partial charge on any atom is 0.0445 e. The summed E-state index contributed by atoms with van der Waals surface area (Å²) in [6.45, 7) is 0. The molecule has 0 aromatic rings. The molecule has 0 spiro atoms. The van der Waals surface area contributed by atoms with Crippen LogP contribution in [-0.2, 0) is 0 Å². The summed E-state index contributed by atoms with van der Waals surface area (Å²) in [4.78, 5) is 2.86. The van der Waals surface area contributed by atoms with Crippen LogP contribution < -0.4 is 0 Å². The minimum absolute atomic E-state index is 0.211. The molecule has 0 aromatic carbocycles. The second-order valence-corrected chi connectivity index (χ2v) is 4.01. The van der Waals surface area contributed by atoms with Gasteiger partial charge in [-0.05, 0) is 36.6 Å². The lowest BCUT2D eigenvalue weighted by atomic mass is 10.0. The van der Waals surface area contributed by atoms with E-state index < -0.39 is 0 Å². The normalized spacial score (nSPS) is 47.4. The van der Waals surface area contributed by atoms with E-state index in [1.807, 2.05) is 0 Å². The van der Waals surface area contributed by atoms with E-state index in [4.69, 9.17) is 17.1 Å². The fourth-order valence-electron chi connectivity index (χ4n) is 2.45. The fraction of sp³-hybridized carbons (Fsp3) is 1.00. The van der Waals surface area contributed by atoms with Gasteiger partial charge < -0.3 is 0 Å². The Hall–Kier alpha value is -0.400. The highest BCUT2D eigenvalue weighted by molar-refractivity contribution is 6.21. The third-order valence-electron chi connectivity index (χ3n) is 2.97. The first-order valence-electron chi connectivity index (χ1n) is 4.01. The number of alkyl halides is 1. The monoisotopic (exact) mass is 171 g/mol. The number of azide groups is 1. The molecule has 4 unspecified atom stereocenters. The molecule has 2 aliphatic rings. The second-order valence-electron chi connectivity index (χ2n) is 3.45. The Labute approximate surface area is 70.4 Å². The Morgan fingerprint density at radius 2 is 2.27 bits per heavy atom. The van der Waals surface area contributed by atoms with E-state index in [1.54, 1.807) is 0 Å². The first-order valence-corrected chi connectivity index (χ1v) is 4.45. The smallest absolute Gasteiger partial charge is 0.0445 e. The Morgan fingerprint density at radius 3 is 2.73 bits per heavy atom. The average Bonchev–Trinajstić information content (AvgIpc) is 2.46. The van der Waals surface area contributed by atoms with Gasteiger partial charge in [-0.3, -0.25) is 0 Å².